The molecule has 2 aliphatic carbocycles. The molecule has 2 bridgehead atoms. The highest BCUT2D eigenvalue weighted by atomic mass is 16.5. The van der Waals surface area contributed by atoms with Gasteiger partial charge in [0.1, 0.15) is 5.78 Å². The molecule has 0 amide bonds. The van der Waals surface area contributed by atoms with Crippen LogP contribution in [-0.4, -0.2) is 24.6 Å². The lowest BCUT2D eigenvalue weighted by Crippen LogP contribution is -2.33. The van der Waals surface area contributed by atoms with E-state index in [1.165, 1.54) is 7.11 Å². The first-order chi connectivity index (χ1) is 8.08. The van der Waals surface area contributed by atoms with Gasteiger partial charge in [-0.1, -0.05) is 0 Å². The van der Waals surface area contributed by atoms with Crippen molar-refractivity contribution in [2.45, 2.75) is 38.5 Å². The molecule has 2 aliphatic rings. The third kappa shape index (κ3) is 2.93. The lowest BCUT2D eigenvalue weighted by molar-refractivity contribution is -0.152. The van der Waals surface area contributed by atoms with Crippen LogP contribution in [0.2, 0.25) is 0 Å². The molecule has 0 aliphatic heterocycles. The molecule has 2 fully saturated rings. The fourth-order valence-corrected chi connectivity index (χ4v) is 3.39. The van der Waals surface area contributed by atoms with Crippen LogP contribution >= 0.6 is 0 Å². The van der Waals surface area contributed by atoms with Crippen molar-refractivity contribution in [3.05, 3.63) is 0 Å². The molecule has 2 rings (SSSR count). The van der Waals surface area contributed by atoms with Crippen LogP contribution in [0.25, 0.3) is 0 Å². The largest absolute Gasteiger partial charge is 0.463 e. The first-order valence-corrected chi connectivity index (χ1v) is 6.21. The van der Waals surface area contributed by atoms with Crippen molar-refractivity contribution in [1.82, 2.24) is 0 Å². The lowest BCUT2D eigenvalue weighted by Gasteiger charge is -2.38. The van der Waals surface area contributed by atoms with Crippen LogP contribution in [0.15, 0.2) is 0 Å². The third-order valence-electron chi connectivity index (χ3n) is 3.92. The number of fused-ring (bicyclic) bond motifs is 2. The number of esters is 1. The Hall–Kier alpha value is -1.19. The minimum Gasteiger partial charge on any atom is -0.463 e. The first-order valence-electron chi connectivity index (χ1n) is 6.21. The van der Waals surface area contributed by atoms with Crippen molar-refractivity contribution in [3.63, 3.8) is 0 Å². The summed E-state index contributed by atoms with van der Waals surface area (Å²) in [6, 6.07) is 0. The summed E-state index contributed by atoms with van der Waals surface area (Å²) in [6.45, 7) is 0. The summed E-state index contributed by atoms with van der Waals surface area (Å²) < 4.78 is 4.42. The predicted octanol–water partition coefficient (Wildman–Crippen LogP) is 1.51. The van der Waals surface area contributed by atoms with Crippen LogP contribution in [0.1, 0.15) is 38.5 Å². The summed E-state index contributed by atoms with van der Waals surface area (Å²) in [6.07, 6.45) is 4.55. The van der Waals surface area contributed by atoms with Gasteiger partial charge in [0.25, 0.3) is 0 Å². The van der Waals surface area contributed by atoms with Crippen LogP contribution in [-0.2, 0) is 19.1 Å². The summed E-state index contributed by atoms with van der Waals surface area (Å²) in [5, 5.41) is 0. The van der Waals surface area contributed by atoms with Crippen molar-refractivity contribution in [2.24, 2.45) is 17.8 Å². The van der Waals surface area contributed by atoms with Crippen LogP contribution in [0.5, 0.6) is 0 Å². The molecule has 2 atom stereocenters. The van der Waals surface area contributed by atoms with Gasteiger partial charge < -0.3 is 4.74 Å². The van der Waals surface area contributed by atoms with Gasteiger partial charge in [-0.3, -0.25) is 9.59 Å². The van der Waals surface area contributed by atoms with Gasteiger partial charge in [0.05, 0.1) is 7.11 Å². The zero-order valence-electron chi connectivity index (χ0n) is 10.1. The molecule has 2 unspecified atom stereocenters. The van der Waals surface area contributed by atoms with E-state index >= 15 is 0 Å². The van der Waals surface area contributed by atoms with E-state index in [1.807, 2.05) is 0 Å². The monoisotopic (exact) mass is 238 g/mol. The maximum absolute atomic E-state index is 11.5. The van der Waals surface area contributed by atoms with Crippen molar-refractivity contribution >= 4 is 17.5 Å². The number of ketones is 2. The van der Waals surface area contributed by atoms with Gasteiger partial charge in [0, 0.05) is 19.3 Å². The zero-order valence-corrected chi connectivity index (χ0v) is 10.1. The predicted molar refractivity (Wildman–Crippen MR) is 60.2 cm³/mol. The standard InChI is InChI=1S/C13H18O4/c1-17-13(16)12(15)7-10-3-8-2-9(4-10)6-11(14)5-8/h8-10H,2-7H2,1H3. The normalized spacial score (nSPS) is 32.1. The molecule has 4 heteroatoms. The highest BCUT2D eigenvalue weighted by Crippen LogP contribution is 2.42. The topological polar surface area (TPSA) is 60.4 Å². The van der Waals surface area contributed by atoms with Crippen molar-refractivity contribution in [1.29, 1.82) is 0 Å². The van der Waals surface area contributed by atoms with Crippen molar-refractivity contribution in [3.8, 4) is 0 Å². The van der Waals surface area contributed by atoms with E-state index in [1.54, 1.807) is 0 Å². The molecule has 17 heavy (non-hydrogen) atoms. The molecule has 0 spiro atoms. The van der Waals surface area contributed by atoms with Gasteiger partial charge in [-0.05, 0) is 37.0 Å². The highest BCUT2D eigenvalue weighted by Gasteiger charge is 2.36. The van der Waals surface area contributed by atoms with E-state index in [0.717, 1.165) is 19.3 Å². The second kappa shape index (κ2) is 4.98. The summed E-state index contributed by atoms with van der Waals surface area (Å²) in [5.41, 5.74) is 0. The Labute approximate surface area is 101 Å². The van der Waals surface area contributed by atoms with E-state index < -0.39 is 11.8 Å². The van der Waals surface area contributed by atoms with Gasteiger partial charge in [0.15, 0.2) is 0 Å². The Morgan fingerprint density at radius 2 is 1.76 bits per heavy atom. The molecule has 94 valence electrons. The van der Waals surface area contributed by atoms with E-state index in [2.05, 4.69) is 4.74 Å². The van der Waals surface area contributed by atoms with Gasteiger partial charge >= 0.3 is 5.97 Å². The number of carbonyl (C=O) groups excluding carboxylic acids is 3. The van der Waals surface area contributed by atoms with Crippen molar-refractivity contribution < 1.29 is 19.1 Å². The van der Waals surface area contributed by atoms with Gasteiger partial charge in [0.2, 0.25) is 5.78 Å². The fourth-order valence-electron chi connectivity index (χ4n) is 3.39. The quantitative estimate of drug-likeness (QED) is 0.552. The summed E-state index contributed by atoms with van der Waals surface area (Å²) >= 11 is 0. The number of hydrogen-bond acceptors (Lipinski definition) is 4. The molecule has 0 heterocycles. The average molecular weight is 238 g/mol. The Morgan fingerprint density at radius 1 is 1.18 bits per heavy atom. The number of Topliss-reactive ketones (excluding diaryl/α,β-unsaturated/α-hetero) is 2. The van der Waals surface area contributed by atoms with Crippen LogP contribution in [0.4, 0.5) is 0 Å². The summed E-state index contributed by atoms with van der Waals surface area (Å²) in [5.74, 6) is 0.332. The Bertz CT molecular complexity index is 331. The average Bonchev–Trinajstić information content (AvgIpc) is 2.26. The Morgan fingerprint density at radius 3 is 2.29 bits per heavy atom. The molecule has 0 aromatic heterocycles. The smallest absolute Gasteiger partial charge is 0.374 e. The number of carbonyl (C=O) groups is 3. The number of rotatable bonds is 3. The zero-order chi connectivity index (χ0) is 12.4. The molecule has 0 N–H and O–H groups in total. The Kier molecular flexibility index (Phi) is 3.60. The lowest BCUT2D eigenvalue weighted by atomic mass is 9.66. The fraction of sp³-hybridized carbons (Fsp3) is 0.769. The molecule has 0 saturated heterocycles. The molecular formula is C13H18O4. The van der Waals surface area contributed by atoms with Crippen LogP contribution < -0.4 is 0 Å². The minimum atomic E-state index is -0.739. The maximum atomic E-state index is 11.5. The van der Waals surface area contributed by atoms with Gasteiger partial charge in [-0.15, -0.1) is 0 Å². The van der Waals surface area contributed by atoms with E-state index in [-0.39, 0.29) is 12.3 Å². The van der Waals surface area contributed by atoms with Crippen LogP contribution in [0.3, 0.4) is 0 Å². The minimum absolute atomic E-state index is 0.262. The van der Waals surface area contributed by atoms with E-state index in [0.29, 0.717) is 30.5 Å². The van der Waals surface area contributed by atoms with Gasteiger partial charge in [-0.25, -0.2) is 4.79 Å². The van der Waals surface area contributed by atoms with E-state index in [4.69, 9.17) is 0 Å². The molecular weight excluding hydrogens is 220 g/mol. The van der Waals surface area contributed by atoms with Gasteiger partial charge in [-0.2, -0.15) is 0 Å². The summed E-state index contributed by atoms with van der Waals surface area (Å²) in [7, 11) is 1.23. The maximum Gasteiger partial charge on any atom is 0.374 e. The number of ether oxygens (including phenoxy) is 1. The first kappa shape index (κ1) is 12.3. The highest BCUT2D eigenvalue weighted by molar-refractivity contribution is 6.33. The van der Waals surface area contributed by atoms with E-state index in [9.17, 15) is 14.4 Å². The summed E-state index contributed by atoms with van der Waals surface area (Å²) in [4.78, 5) is 34.0. The van der Waals surface area contributed by atoms with Crippen LogP contribution in [0, 0.1) is 17.8 Å². The number of methoxy groups -OCH3 is 1. The molecule has 4 nitrogen and oxygen atoms in total. The SMILES string of the molecule is COC(=O)C(=O)CC1CC2CC(=O)CC(C2)C1. The molecule has 2 saturated carbocycles. The second-order valence-electron chi connectivity index (χ2n) is 5.37. The third-order valence-corrected chi connectivity index (χ3v) is 3.92. The Balaban J connectivity index is 1.90. The molecule has 0 aromatic carbocycles. The number of hydrogen-bond donors (Lipinski definition) is 0. The molecule has 0 radical (unpaired) electrons. The van der Waals surface area contributed by atoms with Crippen molar-refractivity contribution in [2.75, 3.05) is 7.11 Å². The molecule has 0 aromatic rings. The second-order valence-corrected chi connectivity index (χ2v) is 5.37.